The van der Waals surface area contributed by atoms with Crippen molar-refractivity contribution in [2.45, 2.75) is 13.8 Å². The summed E-state index contributed by atoms with van der Waals surface area (Å²) in [6.07, 6.45) is 2.07. The third kappa shape index (κ3) is 2.82. The molecular weight excluding hydrogens is 386 g/mol. The van der Waals surface area contributed by atoms with E-state index in [1.165, 1.54) is 60.3 Å². The van der Waals surface area contributed by atoms with Gasteiger partial charge in [-0.15, -0.1) is 0 Å². The molecule has 0 saturated heterocycles. The van der Waals surface area contributed by atoms with Crippen LogP contribution in [0.3, 0.4) is 0 Å². The largest absolute Gasteiger partial charge is 0.256 e. The molecule has 6 aromatic rings. The molecule has 1 heterocycles. The number of aromatic nitrogens is 1. The third-order valence-corrected chi connectivity index (χ3v) is 6.62. The minimum absolute atomic E-state index is 1.03. The molecule has 0 unspecified atom stereocenters. The van der Waals surface area contributed by atoms with Crippen LogP contribution in [-0.2, 0) is 0 Å². The number of nitrogens with zero attached hydrogens (tertiary/aromatic N) is 1. The summed E-state index contributed by atoms with van der Waals surface area (Å²) < 4.78 is 0. The first kappa shape index (κ1) is 18.8. The first-order valence-corrected chi connectivity index (χ1v) is 11.1. The number of aryl methyl sites for hydroxylation is 2. The van der Waals surface area contributed by atoms with Crippen LogP contribution in [0.1, 0.15) is 11.1 Å². The number of fused-ring (bicyclic) bond motifs is 4. The Bertz CT molecular complexity index is 1630. The van der Waals surface area contributed by atoms with Gasteiger partial charge in [-0.1, -0.05) is 91.0 Å². The molecule has 0 spiro atoms. The molecule has 0 aliphatic heterocycles. The van der Waals surface area contributed by atoms with Gasteiger partial charge in [-0.2, -0.15) is 0 Å². The lowest BCUT2D eigenvalue weighted by Crippen LogP contribution is -1.94. The van der Waals surface area contributed by atoms with Gasteiger partial charge in [-0.3, -0.25) is 4.98 Å². The number of para-hydroxylation sites is 1. The van der Waals surface area contributed by atoms with Crippen molar-refractivity contribution in [3.8, 4) is 22.3 Å². The molecule has 0 amide bonds. The molecule has 6 rings (SSSR count). The van der Waals surface area contributed by atoms with Crippen LogP contribution in [0.4, 0.5) is 0 Å². The highest BCUT2D eigenvalue weighted by Crippen LogP contribution is 2.45. The molecule has 32 heavy (non-hydrogen) atoms. The molecule has 0 bridgehead atoms. The van der Waals surface area contributed by atoms with Crippen molar-refractivity contribution in [1.82, 2.24) is 4.98 Å². The Morgan fingerprint density at radius 3 is 1.91 bits per heavy atom. The second-order valence-electron chi connectivity index (χ2n) is 8.52. The van der Waals surface area contributed by atoms with E-state index in [9.17, 15) is 0 Å². The fourth-order valence-corrected chi connectivity index (χ4v) is 4.91. The summed E-state index contributed by atoms with van der Waals surface area (Å²) in [5.74, 6) is 0. The molecule has 1 nitrogen and oxygen atoms in total. The topological polar surface area (TPSA) is 12.9 Å². The van der Waals surface area contributed by atoms with E-state index in [-0.39, 0.29) is 0 Å². The maximum Gasteiger partial charge on any atom is 0.0708 e. The fourth-order valence-electron chi connectivity index (χ4n) is 4.91. The number of rotatable bonds is 2. The van der Waals surface area contributed by atoms with E-state index >= 15 is 0 Å². The van der Waals surface area contributed by atoms with Crippen LogP contribution in [0.25, 0.3) is 54.7 Å². The van der Waals surface area contributed by atoms with Gasteiger partial charge in [0.1, 0.15) is 0 Å². The van der Waals surface area contributed by atoms with Crippen molar-refractivity contribution in [2.24, 2.45) is 0 Å². The normalized spacial score (nSPS) is 11.4. The van der Waals surface area contributed by atoms with E-state index in [2.05, 4.69) is 117 Å². The van der Waals surface area contributed by atoms with Crippen molar-refractivity contribution in [1.29, 1.82) is 0 Å². The predicted molar refractivity (Wildman–Crippen MR) is 137 cm³/mol. The van der Waals surface area contributed by atoms with Gasteiger partial charge in [0.05, 0.1) is 5.52 Å². The lowest BCUT2D eigenvalue weighted by atomic mass is 9.85. The van der Waals surface area contributed by atoms with Gasteiger partial charge in [0, 0.05) is 22.4 Å². The lowest BCUT2D eigenvalue weighted by Gasteiger charge is -2.19. The number of hydrogen-bond acceptors (Lipinski definition) is 1. The van der Waals surface area contributed by atoms with Gasteiger partial charge in [-0.05, 0) is 64.1 Å². The summed E-state index contributed by atoms with van der Waals surface area (Å²) in [6, 6.07) is 34.8. The molecule has 5 aromatic carbocycles. The lowest BCUT2D eigenvalue weighted by molar-refractivity contribution is 1.34. The Balaban J connectivity index is 1.90. The van der Waals surface area contributed by atoms with E-state index in [1.54, 1.807) is 0 Å². The zero-order valence-corrected chi connectivity index (χ0v) is 18.3. The van der Waals surface area contributed by atoms with Crippen LogP contribution in [0.5, 0.6) is 0 Å². The van der Waals surface area contributed by atoms with Gasteiger partial charge in [0.25, 0.3) is 0 Å². The SMILES string of the molecule is Cc1ccc(-c2c3ccccc3c(-c3ccccc3)c3c2cnc2ccccc23)cc1C. The van der Waals surface area contributed by atoms with E-state index in [1.807, 2.05) is 0 Å². The molecule has 0 saturated carbocycles. The van der Waals surface area contributed by atoms with Crippen LogP contribution < -0.4 is 0 Å². The second-order valence-corrected chi connectivity index (χ2v) is 8.52. The first-order valence-electron chi connectivity index (χ1n) is 11.1. The van der Waals surface area contributed by atoms with Crippen molar-refractivity contribution in [3.05, 3.63) is 114 Å². The summed E-state index contributed by atoms with van der Waals surface area (Å²) in [6.45, 7) is 4.36. The quantitative estimate of drug-likeness (QED) is 0.206. The zero-order valence-electron chi connectivity index (χ0n) is 18.3. The van der Waals surface area contributed by atoms with Gasteiger partial charge in [-0.25, -0.2) is 0 Å². The van der Waals surface area contributed by atoms with Crippen LogP contribution in [0, 0.1) is 13.8 Å². The monoisotopic (exact) mass is 409 g/mol. The van der Waals surface area contributed by atoms with Crippen LogP contribution >= 0.6 is 0 Å². The Morgan fingerprint density at radius 1 is 0.500 bits per heavy atom. The van der Waals surface area contributed by atoms with Crippen molar-refractivity contribution < 1.29 is 0 Å². The molecule has 0 radical (unpaired) electrons. The molecule has 1 aromatic heterocycles. The standard InChI is InChI=1S/C31H23N/c1-20-16-17-23(18-21(20)2)29-24-12-6-7-13-25(24)30(22-10-4-3-5-11-22)31-26-14-8-9-15-28(26)32-19-27(29)31/h3-19H,1-2H3. The van der Waals surface area contributed by atoms with Crippen LogP contribution in [0.15, 0.2) is 103 Å². The van der Waals surface area contributed by atoms with E-state index < -0.39 is 0 Å². The highest BCUT2D eigenvalue weighted by Gasteiger charge is 2.19. The van der Waals surface area contributed by atoms with Crippen LogP contribution in [-0.4, -0.2) is 4.98 Å². The number of benzene rings is 5. The summed E-state index contributed by atoms with van der Waals surface area (Å²) >= 11 is 0. The average molecular weight is 410 g/mol. The highest BCUT2D eigenvalue weighted by atomic mass is 14.6. The fraction of sp³-hybridized carbons (Fsp3) is 0.0645. The minimum atomic E-state index is 1.03. The Hall–Kier alpha value is -3.97. The molecular formula is C31H23N. The molecule has 0 fully saturated rings. The second kappa shape index (κ2) is 7.32. The maximum absolute atomic E-state index is 4.88. The van der Waals surface area contributed by atoms with Crippen LogP contribution in [0.2, 0.25) is 0 Å². The third-order valence-electron chi connectivity index (χ3n) is 6.62. The summed E-state index contributed by atoms with van der Waals surface area (Å²) in [5.41, 5.74) is 8.66. The number of hydrogen-bond donors (Lipinski definition) is 0. The minimum Gasteiger partial charge on any atom is -0.256 e. The van der Waals surface area contributed by atoms with Gasteiger partial charge < -0.3 is 0 Å². The molecule has 1 heteroatoms. The molecule has 0 atom stereocenters. The average Bonchev–Trinajstić information content (AvgIpc) is 2.84. The van der Waals surface area contributed by atoms with Crippen molar-refractivity contribution in [3.63, 3.8) is 0 Å². The zero-order chi connectivity index (χ0) is 21.7. The van der Waals surface area contributed by atoms with Crippen molar-refractivity contribution >= 4 is 32.4 Å². The van der Waals surface area contributed by atoms with E-state index in [4.69, 9.17) is 4.98 Å². The van der Waals surface area contributed by atoms with E-state index in [0.29, 0.717) is 0 Å². The molecule has 0 aliphatic rings. The molecule has 0 aliphatic carbocycles. The predicted octanol–water partition coefficient (Wildman–Crippen LogP) is 8.49. The smallest absolute Gasteiger partial charge is 0.0708 e. The summed E-state index contributed by atoms with van der Waals surface area (Å²) in [5, 5.41) is 6.20. The Labute approximate surface area is 188 Å². The molecule has 0 N–H and O–H groups in total. The highest BCUT2D eigenvalue weighted by molar-refractivity contribution is 6.27. The maximum atomic E-state index is 4.88. The van der Waals surface area contributed by atoms with Gasteiger partial charge in [0.15, 0.2) is 0 Å². The summed E-state index contributed by atoms with van der Waals surface area (Å²) in [7, 11) is 0. The Kier molecular flexibility index (Phi) is 4.29. The Morgan fingerprint density at radius 2 is 1.16 bits per heavy atom. The van der Waals surface area contributed by atoms with Gasteiger partial charge >= 0.3 is 0 Å². The molecule has 152 valence electrons. The van der Waals surface area contributed by atoms with Crippen molar-refractivity contribution in [2.75, 3.05) is 0 Å². The first-order chi connectivity index (χ1) is 15.7. The van der Waals surface area contributed by atoms with Gasteiger partial charge in [0.2, 0.25) is 0 Å². The number of pyridine rings is 1. The summed E-state index contributed by atoms with van der Waals surface area (Å²) in [4.78, 5) is 4.88. The van der Waals surface area contributed by atoms with E-state index in [0.717, 1.165) is 5.52 Å².